The number of hydrogen-bond donors (Lipinski definition) is 0. The number of hydrogen-bond acceptors (Lipinski definition) is 4. The molecular weight excluding hydrogens is 326 g/mol. The predicted molar refractivity (Wildman–Crippen MR) is 95.3 cm³/mol. The SMILES string of the molecule is CN(CCN1C(=O)CCC1=O)C1CCN(c2ccc(Cl)cc2)CC1. The molecule has 0 bridgehead atoms. The normalized spacial score (nSPS) is 19.6. The van der Waals surface area contributed by atoms with Crippen molar-refractivity contribution in [1.29, 1.82) is 0 Å². The Kier molecular flexibility index (Phi) is 5.41. The Labute approximate surface area is 148 Å². The summed E-state index contributed by atoms with van der Waals surface area (Å²) in [4.78, 5) is 29.4. The summed E-state index contributed by atoms with van der Waals surface area (Å²) in [5.41, 5.74) is 1.22. The molecule has 130 valence electrons. The minimum atomic E-state index is -0.0223. The number of likely N-dealkylation sites (tertiary alicyclic amines) is 1. The quantitative estimate of drug-likeness (QED) is 0.766. The lowest BCUT2D eigenvalue weighted by Gasteiger charge is -2.38. The largest absolute Gasteiger partial charge is 0.371 e. The number of imide groups is 1. The van der Waals surface area contributed by atoms with Crippen LogP contribution in [0.2, 0.25) is 5.02 Å². The van der Waals surface area contributed by atoms with E-state index < -0.39 is 0 Å². The van der Waals surface area contributed by atoms with E-state index in [1.165, 1.54) is 10.6 Å². The molecule has 3 rings (SSSR count). The Morgan fingerprint density at radius 3 is 2.25 bits per heavy atom. The summed E-state index contributed by atoms with van der Waals surface area (Å²) in [6.07, 6.45) is 2.92. The second-order valence-corrected chi connectivity index (χ2v) is 7.05. The Bertz CT molecular complexity index is 581. The van der Waals surface area contributed by atoms with E-state index in [2.05, 4.69) is 29.0 Å². The van der Waals surface area contributed by atoms with Crippen LogP contribution in [0.1, 0.15) is 25.7 Å². The fourth-order valence-electron chi connectivity index (χ4n) is 3.53. The average Bonchev–Trinajstić information content (AvgIpc) is 2.92. The zero-order valence-electron chi connectivity index (χ0n) is 14.1. The number of halogens is 1. The highest BCUT2D eigenvalue weighted by Gasteiger charge is 2.29. The molecule has 0 aromatic heterocycles. The smallest absolute Gasteiger partial charge is 0.229 e. The van der Waals surface area contributed by atoms with Crippen molar-refractivity contribution in [2.75, 3.05) is 38.1 Å². The Hall–Kier alpha value is -1.59. The van der Waals surface area contributed by atoms with E-state index in [1.54, 1.807) is 0 Å². The van der Waals surface area contributed by atoms with Crippen LogP contribution in [0.25, 0.3) is 0 Å². The molecule has 0 N–H and O–H groups in total. The number of carbonyl (C=O) groups is 2. The van der Waals surface area contributed by atoms with Crippen LogP contribution < -0.4 is 4.90 Å². The molecule has 6 heteroatoms. The van der Waals surface area contributed by atoms with E-state index in [9.17, 15) is 9.59 Å². The molecule has 2 amide bonds. The third kappa shape index (κ3) is 3.90. The number of nitrogens with zero attached hydrogens (tertiary/aromatic N) is 3. The molecule has 2 aliphatic rings. The van der Waals surface area contributed by atoms with Gasteiger partial charge in [0.05, 0.1) is 0 Å². The molecule has 5 nitrogen and oxygen atoms in total. The molecule has 1 aromatic carbocycles. The first-order chi connectivity index (χ1) is 11.5. The van der Waals surface area contributed by atoms with Gasteiger partial charge in [-0.1, -0.05) is 11.6 Å². The molecule has 24 heavy (non-hydrogen) atoms. The number of rotatable bonds is 5. The highest BCUT2D eigenvalue weighted by molar-refractivity contribution is 6.30. The maximum absolute atomic E-state index is 11.7. The molecule has 0 radical (unpaired) electrons. The fraction of sp³-hybridized carbons (Fsp3) is 0.556. The Morgan fingerprint density at radius 1 is 1.08 bits per heavy atom. The van der Waals surface area contributed by atoms with Gasteiger partial charge in [-0.25, -0.2) is 0 Å². The second-order valence-electron chi connectivity index (χ2n) is 6.61. The minimum Gasteiger partial charge on any atom is -0.371 e. The molecular formula is C18H24ClN3O2. The van der Waals surface area contributed by atoms with E-state index in [-0.39, 0.29) is 11.8 Å². The lowest BCUT2D eigenvalue weighted by molar-refractivity contribution is -0.138. The van der Waals surface area contributed by atoms with Crippen molar-refractivity contribution in [3.8, 4) is 0 Å². The van der Waals surface area contributed by atoms with E-state index in [0.29, 0.717) is 25.4 Å². The zero-order valence-corrected chi connectivity index (χ0v) is 14.8. The molecule has 0 atom stereocenters. The van der Waals surface area contributed by atoms with Crippen molar-refractivity contribution in [1.82, 2.24) is 9.80 Å². The summed E-state index contributed by atoms with van der Waals surface area (Å²) >= 11 is 5.95. The second kappa shape index (κ2) is 7.53. The highest BCUT2D eigenvalue weighted by atomic mass is 35.5. The fourth-order valence-corrected chi connectivity index (χ4v) is 3.66. The van der Waals surface area contributed by atoms with Crippen LogP contribution in [0.5, 0.6) is 0 Å². The summed E-state index contributed by atoms with van der Waals surface area (Å²) in [6.45, 7) is 3.30. The summed E-state index contributed by atoms with van der Waals surface area (Å²) < 4.78 is 0. The molecule has 2 heterocycles. The van der Waals surface area contributed by atoms with Gasteiger partial charge in [0.1, 0.15) is 0 Å². The van der Waals surface area contributed by atoms with Crippen LogP contribution >= 0.6 is 11.6 Å². The lowest BCUT2D eigenvalue weighted by atomic mass is 10.0. The molecule has 0 saturated carbocycles. The van der Waals surface area contributed by atoms with Crippen LogP contribution in [0, 0.1) is 0 Å². The van der Waals surface area contributed by atoms with Crippen molar-refractivity contribution in [2.45, 2.75) is 31.7 Å². The predicted octanol–water partition coefficient (Wildman–Crippen LogP) is 2.39. The molecule has 0 aliphatic carbocycles. The van der Waals surface area contributed by atoms with Gasteiger partial charge >= 0.3 is 0 Å². The minimum absolute atomic E-state index is 0.0223. The van der Waals surface area contributed by atoms with E-state index in [0.717, 1.165) is 37.5 Å². The topological polar surface area (TPSA) is 43.9 Å². The molecule has 2 saturated heterocycles. The van der Waals surface area contributed by atoms with Crippen molar-refractivity contribution >= 4 is 29.1 Å². The van der Waals surface area contributed by atoms with Crippen LogP contribution in [0.4, 0.5) is 5.69 Å². The Morgan fingerprint density at radius 2 is 1.67 bits per heavy atom. The van der Waals surface area contributed by atoms with Gasteiger partial charge in [0, 0.05) is 55.8 Å². The van der Waals surface area contributed by atoms with Crippen molar-refractivity contribution in [3.05, 3.63) is 29.3 Å². The maximum Gasteiger partial charge on any atom is 0.229 e. The van der Waals surface area contributed by atoms with Crippen LogP contribution in [0.15, 0.2) is 24.3 Å². The van der Waals surface area contributed by atoms with Crippen LogP contribution in [-0.2, 0) is 9.59 Å². The molecule has 2 aliphatic heterocycles. The van der Waals surface area contributed by atoms with Gasteiger partial charge in [0.2, 0.25) is 11.8 Å². The van der Waals surface area contributed by atoms with Gasteiger partial charge in [0.15, 0.2) is 0 Å². The summed E-state index contributed by atoms with van der Waals surface area (Å²) in [6, 6.07) is 8.49. The number of likely N-dealkylation sites (N-methyl/N-ethyl adjacent to an activating group) is 1. The molecule has 0 unspecified atom stereocenters. The van der Waals surface area contributed by atoms with E-state index >= 15 is 0 Å². The van der Waals surface area contributed by atoms with Crippen LogP contribution in [-0.4, -0.2) is 60.9 Å². The van der Waals surface area contributed by atoms with Gasteiger partial charge in [0.25, 0.3) is 0 Å². The number of piperidine rings is 1. The third-order valence-corrected chi connectivity index (χ3v) is 5.36. The van der Waals surface area contributed by atoms with Crippen molar-refractivity contribution in [2.24, 2.45) is 0 Å². The number of amides is 2. The maximum atomic E-state index is 11.7. The summed E-state index contributed by atoms with van der Waals surface area (Å²) in [7, 11) is 2.09. The highest BCUT2D eigenvalue weighted by Crippen LogP contribution is 2.23. The van der Waals surface area contributed by atoms with Gasteiger partial charge in [-0.15, -0.1) is 0 Å². The van der Waals surface area contributed by atoms with Gasteiger partial charge < -0.3 is 9.80 Å². The van der Waals surface area contributed by atoms with Crippen molar-refractivity contribution < 1.29 is 9.59 Å². The molecule has 0 spiro atoms. The van der Waals surface area contributed by atoms with E-state index in [1.807, 2.05) is 12.1 Å². The Balaban J connectivity index is 1.46. The van der Waals surface area contributed by atoms with Gasteiger partial charge in [-0.2, -0.15) is 0 Å². The summed E-state index contributed by atoms with van der Waals surface area (Å²) in [5, 5.41) is 0.763. The number of anilines is 1. The first kappa shape index (κ1) is 17.2. The number of benzene rings is 1. The van der Waals surface area contributed by atoms with Crippen molar-refractivity contribution in [3.63, 3.8) is 0 Å². The standard InChI is InChI=1S/C18H24ClN3O2/c1-20(12-13-22-17(23)6-7-18(22)24)15-8-10-21(11-9-15)16-4-2-14(19)3-5-16/h2-5,15H,6-13H2,1H3. The van der Waals surface area contributed by atoms with Gasteiger partial charge in [-0.05, 0) is 44.2 Å². The molecule has 2 fully saturated rings. The third-order valence-electron chi connectivity index (χ3n) is 5.11. The monoisotopic (exact) mass is 349 g/mol. The first-order valence-electron chi connectivity index (χ1n) is 8.58. The number of carbonyl (C=O) groups excluding carboxylic acids is 2. The summed E-state index contributed by atoms with van der Waals surface area (Å²) in [5.74, 6) is -0.0445. The van der Waals surface area contributed by atoms with Crippen LogP contribution in [0.3, 0.4) is 0 Å². The van der Waals surface area contributed by atoms with E-state index in [4.69, 9.17) is 11.6 Å². The first-order valence-corrected chi connectivity index (χ1v) is 8.96. The average molecular weight is 350 g/mol. The molecule has 1 aromatic rings. The lowest BCUT2D eigenvalue weighted by Crippen LogP contribution is -2.46. The van der Waals surface area contributed by atoms with Gasteiger partial charge in [-0.3, -0.25) is 14.5 Å². The zero-order chi connectivity index (χ0) is 17.1.